The fourth-order valence-electron chi connectivity index (χ4n) is 2.32. The van der Waals surface area contributed by atoms with Gasteiger partial charge in [-0.05, 0) is 5.56 Å². The van der Waals surface area contributed by atoms with Crippen molar-refractivity contribution in [1.29, 1.82) is 0 Å². The molecule has 1 aromatic carbocycles. The number of anilines is 1. The molecular formula is C17H21N3O. The SMILES string of the molecule is C#CCn1c(C(C)C)nc(-c2ccc(COC)cc2)c1N. The number of benzene rings is 1. The molecule has 0 amide bonds. The zero-order valence-electron chi connectivity index (χ0n) is 12.8. The first kappa shape index (κ1) is 15.1. The summed E-state index contributed by atoms with van der Waals surface area (Å²) in [7, 11) is 1.68. The quantitative estimate of drug-likeness (QED) is 0.858. The van der Waals surface area contributed by atoms with Gasteiger partial charge in [0.25, 0.3) is 0 Å². The molecule has 21 heavy (non-hydrogen) atoms. The summed E-state index contributed by atoms with van der Waals surface area (Å²) in [5, 5.41) is 0. The summed E-state index contributed by atoms with van der Waals surface area (Å²) in [6.45, 7) is 5.20. The van der Waals surface area contributed by atoms with Crippen LogP contribution < -0.4 is 5.73 Å². The Morgan fingerprint density at radius 2 is 2.00 bits per heavy atom. The Kier molecular flexibility index (Phi) is 4.66. The van der Waals surface area contributed by atoms with E-state index in [1.165, 1.54) is 0 Å². The first-order chi connectivity index (χ1) is 10.1. The van der Waals surface area contributed by atoms with Crippen LogP contribution in [0.25, 0.3) is 11.3 Å². The molecule has 0 bridgehead atoms. The van der Waals surface area contributed by atoms with Crippen molar-refractivity contribution in [3.05, 3.63) is 35.7 Å². The van der Waals surface area contributed by atoms with Gasteiger partial charge in [0.15, 0.2) is 0 Å². The smallest absolute Gasteiger partial charge is 0.132 e. The van der Waals surface area contributed by atoms with Crippen LogP contribution in [-0.2, 0) is 17.9 Å². The standard InChI is InChI=1S/C17H21N3O/c1-5-10-20-16(18)15(19-17(20)12(2)3)14-8-6-13(7-9-14)11-21-4/h1,6-9,12H,10-11,18H2,2-4H3. The second-order valence-electron chi connectivity index (χ2n) is 5.28. The molecule has 4 nitrogen and oxygen atoms in total. The molecule has 4 heteroatoms. The fourth-order valence-corrected chi connectivity index (χ4v) is 2.32. The van der Waals surface area contributed by atoms with Crippen molar-refractivity contribution < 1.29 is 4.74 Å². The van der Waals surface area contributed by atoms with Gasteiger partial charge in [0.05, 0.1) is 13.2 Å². The van der Waals surface area contributed by atoms with Crippen molar-refractivity contribution in [3.8, 4) is 23.6 Å². The molecule has 0 radical (unpaired) electrons. The number of nitrogen functional groups attached to an aromatic ring is 1. The monoisotopic (exact) mass is 283 g/mol. The van der Waals surface area contributed by atoms with Gasteiger partial charge in [-0.25, -0.2) is 4.98 Å². The molecular weight excluding hydrogens is 262 g/mol. The van der Waals surface area contributed by atoms with E-state index in [4.69, 9.17) is 16.9 Å². The maximum atomic E-state index is 6.24. The normalized spacial score (nSPS) is 10.8. The van der Waals surface area contributed by atoms with Crippen LogP contribution in [0.3, 0.4) is 0 Å². The van der Waals surface area contributed by atoms with Crippen LogP contribution in [0.4, 0.5) is 5.82 Å². The highest BCUT2D eigenvalue weighted by atomic mass is 16.5. The summed E-state index contributed by atoms with van der Waals surface area (Å²) in [6, 6.07) is 8.07. The summed E-state index contributed by atoms with van der Waals surface area (Å²) in [5.74, 6) is 4.44. The van der Waals surface area contributed by atoms with Gasteiger partial charge in [0.1, 0.15) is 17.3 Å². The Morgan fingerprint density at radius 3 is 2.52 bits per heavy atom. The van der Waals surface area contributed by atoms with Crippen molar-refractivity contribution in [2.24, 2.45) is 0 Å². The van der Waals surface area contributed by atoms with E-state index < -0.39 is 0 Å². The van der Waals surface area contributed by atoms with Gasteiger partial charge in [-0.1, -0.05) is 44.0 Å². The minimum atomic E-state index is 0.266. The van der Waals surface area contributed by atoms with Crippen LogP contribution in [0.15, 0.2) is 24.3 Å². The Morgan fingerprint density at radius 1 is 1.33 bits per heavy atom. The Labute approximate surface area is 125 Å². The van der Waals surface area contributed by atoms with Gasteiger partial charge >= 0.3 is 0 Å². The molecule has 110 valence electrons. The molecule has 0 spiro atoms. The first-order valence-electron chi connectivity index (χ1n) is 6.96. The van der Waals surface area contributed by atoms with Gasteiger partial charge in [0.2, 0.25) is 0 Å². The third-order valence-corrected chi connectivity index (χ3v) is 3.34. The van der Waals surface area contributed by atoms with Crippen LogP contribution in [0.1, 0.15) is 31.2 Å². The highest BCUT2D eigenvalue weighted by Crippen LogP contribution is 2.29. The number of ether oxygens (including phenoxy) is 1. The van der Waals surface area contributed by atoms with Gasteiger partial charge in [-0.15, -0.1) is 6.42 Å². The zero-order chi connectivity index (χ0) is 15.4. The molecule has 1 aromatic heterocycles. The number of hydrogen-bond acceptors (Lipinski definition) is 3. The van der Waals surface area contributed by atoms with E-state index in [9.17, 15) is 0 Å². The van der Waals surface area contributed by atoms with E-state index in [0.29, 0.717) is 19.0 Å². The summed E-state index contributed by atoms with van der Waals surface area (Å²) < 4.78 is 7.02. The summed E-state index contributed by atoms with van der Waals surface area (Å²) in [4.78, 5) is 4.68. The lowest BCUT2D eigenvalue weighted by atomic mass is 10.1. The molecule has 0 aliphatic rings. The van der Waals surface area contributed by atoms with E-state index in [2.05, 4.69) is 24.8 Å². The average molecular weight is 283 g/mol. The topological polar surface area (TPSA) is 53.1 Å². The summed E-state index contributed by atoms with van der Waals surface area (Å²) >= 11 is 0. The number of rotatable bonds is 5. The van der Waals surface area contributed by atoms with E-state index >= 15 is 0 Å². The van der Waals surface area contributed by atoms with Crippen LogP contribution in [0.2, 0.25) is 0 Å². The Bertz CT molecular complexity index is 648. The number of nitrogens with zero attached hydrogens (tertiary/aromatic N) is 2. The van der Waals surface area contributed by atoms with Crippen molar-refractivity contribution in [2.45, 2.75) is 32.9 Å². The highest BCUT2D eigenvalue weighted by Gasteiger charge is 2.17. The van der Waals surface area contributed by atoms with Crippen molar-refractivity contribution in [3.63, 3.8) is 0 Å². The minimum absolute atomic E-state index is 0.266. The molecule has 2 aromatic rings. The van der Waals surface area contributed by atoms with E-state index in [0.717, 1.165) is 22.6 Å². The molecule has 0 saturated carbocycles. The molecule has 0 saturated heterocycles. The third-order valence-electron chi connectivity index (χ3n) is 3.34. The molecule has 2 rings (SSSR count). The van der Waals surface area contributed by atoms with Crippen molar-refractivity contribution >= 4 is 5.82 Å². The maximum Gasteiger partial charge on any atom is 0.132 e. The van der Waals surface area contributed by atoms with E-state index in [1.807, 2.05) is 28.8 Å². The molecule has 2 N–H and O–H groups in total. The van der Waals surface area contributed by atoms with E-state index in [-0.39, 0.29) is 5.92 Å². The first-order valence-corrected chi connectivity index (χ1v) is 6.96. The molecule has 0 aliphatic heterocycles. The largest absolute Gasteiger partial charge is 0.383 e. The second kappa shape index (κ2) is 6.47. The van der Waals surface area contributed by atoms with Crippen molar-refractivity contribution in [2.75, 3.05) is 12.8 Å². The maximum absolute atomic E-state index is 6.24. The second-order valence-corrected chi connectivity index (χ2v) is 5.28. The Balaban J connectivity index is 2.44. The van der Waals surface area contributed by atoms with Gasteiger partial charge in [-0.3, -0.25) is 0 Å². The van der Waals surface area contributed by atoms with Crippen molar-refractivity contribution in [1.82, 2.24) is 9.55 Å². The fraction of sp³-hybridized carbons (Fsp3) is 0.353. The number of nitrogens with two attached hydrogens (primary N) is 1. The van der Waals surface area contributed by atoms with Gasteiger partial charge in [-0.2, -0.15) is 0 Å². The van der Waals surface area contributed by atoms with Gasteiger partial charge in [0, 0.05) is 18.6 Å². The molecule has 0 unspecified atom stereocenters. The third kappa shape index (κ3) is 3.09. The summed E-state index contributed by atoms with van der Waals surface area (Å²) in [5.41, 5.74) is 9.14. The van der Waals surface area contributed by atoms with Crippen LogP contribution in [0.5, 0.6) is 0 Å². The predicted octanol–water partition coefficient (Wildman–Crippen LogP) is 3.04. The molecule has 0 aliphatic carbocycles. The van der Waals surface area contributed by atoms with Gasteiger partial charge < -0.3 is 15.0 Å². The number of aromatic nitrogens is 2. The van der Waals surface area contributed by atoms with Crippen LogP contribution in [0, 0.1) is 12.3 Å². The molecule has 1 heterocycles. The lowest BCUT2D eigenvalue weighted by Crippen LogP contribution is -2.07. The lowest BCUT2D eigenvalue weighted by molar-refractivity contribution is 0.185. The number of terminal acetylenes is 1. The lowest BCUT2D eigenvalue weighted by Gasteiger charge is -2.08. The molecule has 0 fully saturated rings. The average Bonchev–Trinajstić information content (AvgIpc) is 2.79. The zero-order valence-corrected chi connectivity index (χ0v) is 12.8. The van der Waals surface area contributed by atoms with E-state index in [1.54, 1.807) is 7.11 Å². The predicted molar refractivity (Wildman–Crippen MR) is 85.7 cm³/mol. The minimum Gasteiger partial charge on any atom is -0.383 e. The highest BCUT2D eigenvalue weighted by molar-refractivity contribution is 5.71. The Hall–Kier alpha value is -2.25. The van der Waals surface area contributed by atoms with Crippen LogP contribution in [-0.4, -0.2) is 16.7 Å². The molecule has 0 atom stereocenters. The van der Waals surface area contributed by atoms with Crippen LogP contribution >= 0.6 is 0 Å². The number of imidazole rings is 1. The summed E-state index contributed by atoms with van der Waals surface area (Å²) in [6.07, 6.45) is 5.43. The number of methoxy groups -OCH3 is 1. The number of hydrogen-bond donors (Lipinski definition) is 1.